The lowest BCUT2D eigenvalue weighted by Crippen LogP contribution is -2.41. The summed E-state index contributed by atoms with van der Waals surface area (Å²) in [5, 5.41) is 3.00. The van der Waals surface area contributed by atoms with Crippen molar-refractivity contribution in [3.05, 3.63) is 23.6 Å². The van der Waals surface area contributed by atoms with Gasteiger partial charge in [0.25, 0.3) is 0 Å². The molecule has 1 saturated heterocycles. The molecule has 0 amide bonds. The SMILES string of the molecule is CNCc1cc(F)cnc1B1OC(C)(C)C(C)(C)O1. The maximum atomic E-state index is 13.3. The maximum Gasteiger partial charge on any atom is 0.514 e. The molecule has 4 nitrogen and oxygen atoms in total. The van der Waals surface area contributed by atoms with Crippen LogP contribution in [0.5, 0.6) is 0 Å². The van der Waals surface area contributed by atoms with Crippen molar-refractivity contribution >= 4 is 12.7 Å². The number of rotatable bonds is 3. The Balaban J connectivity index is 2.34. The van der Waals surface area contributed by atoms with E-state index >= 15 is 0 Å². The van der Waals surface area contributed by atoms with Gasteiger partial charge in [-0.1, -0.05) is 0 Å². The highest BCUT2D eigenvalue weighted by molar-refractivity contribution is 6.61. The lowest BCUT2D eigenvalue weighted by Gasteiger charge is -2.32. The van der Waals surface area contributed by atoms with E-state index in [0.29, 0.717) is 12.1 Å². The number of halogens is 1. The molecule has 1 aromatic rings. The van der Waals surface area contributed by atoms with Gasteiger partial charge in [-0.15, -0.1) is 0 Å². The molecule has 0 unspecified atom stereocenters. The molecular formula is C13H20BFN2O2. The Bertz CT molecular complexity index is 464. The van der Waals surface area contributed by atoms with E-state index in [2.05, 4.69) is 10.3 Å². The lowest BCUT2D eigenvalue weighted by atomic mass is 9.81. The minimum Gasteiger partial charge on any atom is -0.398 e. The van der Waals surface area contributed by atoms with Gasteiger partial charge in [-0.2, -0.15) is 0 Å². The topological polar surface area (TPSA) is 43.4 Å². The predicted octanol–water partition coefficient (Wildman–Crippen LogP) is 1.24. The van der Waals surface area contributed by atoms with Crippen molar-refractivity contribution in [2.45, 2.75) is 45.4 Å². The minimum atomic E-state index is -0.561. The fraction of sp³-hybridized carbons (Fsp3) is 0.615. The number of hydrogen-bond donors (Lipinski definition) is 1. The normalized spacial score (nSPS) is 20.8. The smallest absolute Gasteiger partial charge is 0.398 e. The van der Waals surface area contributed by atoms with Gasteiger partial charge in [0.2, 0.25) is 0 Å². The van der Waals surface area contributed by atoms with E-state index < -0.39 is 18.3 Å². The van der Waals surface area contributed by atoms with E-state index in [1.807, 2.05) is 27.7 Å². The summed E-state index contributed by atoms with van der Waals surface area (Å²) in [6.45, 7) is 8.44. The van der Waals surface area contributed by atoms with Crippen LogP contribution in [0.2, 0.25) is 0 Å². The fourth-order valence-corrected chi connectivity index (χ4v) is 1.99. The molecule has 1 aromatic heterocycles. The maximum absolute atomic E-state index is 13.3. The Morgan fingerprint density at radius 1 is 1.26 bits per heavy atom. The Morgan fingerprint density at radius 3 is 2.37 bits per heavy atom. The van der Waals surface area contributed by atoms with E-state index in [-0.39, 0.29) is 5.82 Å². The molecule has 0 spiro atoms. The third-order valence-electron chi connectivity index (χ3n) is 3.81. The first-order valence-corrected chi connectivity index (χ1v) is 6.41. The van der Waals surface area contributed by atoms with Crippen molar-refractivity contribution in [2.24, 2.45) is 0 Å². The van der Waals surface area contributed by atoms with Crippen LogP contribution in [0.25, 0.3) is 0 Å². The van der Waals surface area contributed by atoms with Gasteiger partial charge in [-0.05, 0) is 46.4 Å². The molecule has 1 aliphatic rings. The summed E-state index contributed by atoms with van der Waals surface area (Å²) in [4.78, 5) is 4.14. The first-order valence-electron chi connectivity index (χ1n) is 6.41. The second kappa shape index (κ2) is 4.85. The summed E-state index contributed by atoms with van der Waals surface area (Å²) in [6, 6.07) is 1.46. The van der Waals surface area contributed by atoms with Gasteiger partial charge in [-0.25, -0.2) is 4.39 Å². The second-order valence-electron chi connectivity index (χ2n) is 5.82. The summed E-state index contributed by atoms with van der Waals surface area (Å²) >= 11 is 0. The Morgan fingerprint density at radius 2 is 1.84 bits per heavy atom. The molecule has 1 N–H and O–H groups in total. The molecule has 104 valence electrons. The van der Waals surface area contributed by atoms with Crippen LogP contribution in [0.4, 0.5) is 4.39 Å². The number of nitrogens with one attached hydrogen (secondary N) is 1. The second-order valence-corrected chi connectivity index (χ2v) is 5.82. The average molecular weight is 266 g/mol. The van der Waals surface area contributed by atoms with Crippen molar-refractivity contribution in [3.63, 3.8) is 0 Å². The highest BCUT2D eigenvalue weighted by atomic mass is 19.1. The van der Waals surface area contributed by atoms with Crippen LogP contribution >= 0.6 is 0 Å². The summed E-state index contributed by atoms with van der Waals surface area (Å²) < 4.78 is 25.2. The molecule has 0 aromatic carbocycles. The fourth-order valence-electron chi connectivity index (χ4n) is 1.99. The number of aromatic nitrogens is 1. The number of hydrogen-bond acceptors (Lipinski definition) is 4. The van der Waals surface area contributed by atoms with Gasteiger partial charge >= 0.3 is 7.12 Å². The molecule has 2 heterocycles. The van der Waals surface area contributed by atoms with Crippen LogP contribution in [0.1, 0.15) is 33.3 Å². The van der Waals surface area contributed by atoms with Gasteiger partial charge in [0.05, 0.1) is 23.0 Å². The highest BCUT2D eigenvalue weighted by Gasteiger charge is 2.52. The van der Waals surface area contributed by atoms with Crippen molar-refractivity contribution in [1.82, 2.24) is 10.3 Å². The molecule has 0 radical (unpaired) electrons. The predicted molar refractivity (Wildman–Crippen MR) is 72.7 cm³/mol. The van der Waals surface area contributed by atoms with Crippen molar-refractivity contribution in [2.75, 3.05) is 7.05 Å². The van der Waals surface area contributed by atoms with E-state index in [4.69, 9.17) is 9.31 Å². The largest absolute Gasteiger partial charge is 0.514 e. The monoisotopic (exact) mass is 266 g/mol. The summed E-state index contributed by atoms with van der Waals surface area (Å²) in [5.74, 6) is -0.356. The summed E-state index contributed by atoms with van der Waals surface area (Å²) in [7, 11) is 1.24. The van der Waals surface area contributed by atoms with Crippen LogP contribution in [0.15, 0.2) is 12.3 Å². The summed E-state index contributed by atoms with van der Waals surface area (Å²) in [5.41, 5.74) is 0.533. The Labute approximate surface area is 113 Å². The molecule has 6 heteroatoms. The zero-order valence-electron chi connectivity index (χ0n) is 12.1. The van der Waals surface area contributed by atoms with Gasteiger partial charge in [0.15, 0.2) is 0 Å². The van der Waals surface area contributed by atoms with Crippen LogP contribution in [0.3, 0.4) is 0 Å². The highest BCUT2D eigenvalue weighted by Crippen LogP contribution is 2.36. The summed E-state index contributed by atoms with van der Waals surface area (Å²) in [6.07, 6.45) is 1.19. The van der Waals surface area contributed by atoms with Crippen LogP contribution < -0.4 is 10.9 Å². The Hall–Kier alpha value is -0.975. The number of nitrogens with zero attached hydrogens (tertiary/aromatic N) is 1. The minimum absolute atomic E-state index is 0.356. The molecule has 1 fully saturated rings. The van der Waals surface area contributed by atoms with Gasteiger partial charge in [0, 0.05) is 6.54 Å². The molecule has 2 rings (SSSR count). The lowest BCUT2D eigenvalue weighted by molar-refractivity contribution is 0.00578. The standard InChI is InChI=1S/C13H20BFN2O2/c1-12(2)13(3,4)19-14(18-12)11-9(7-16-5)6-10(15)8-17-11/h6,8,16H,7H2,1-5H3. The molecule has 19 heavy (non-hydrogen) atoms. The molecule has 0 aliphatic carbocycles. The van der Waals surface area contributed by atoms with Gasteiger partial charge in [-0.3, -0.25) is 4.98 Å². The van der Waals surface area contributed by atoms with Crippen molar-refractivity contribution in [3.8, 4) is 0 Å². The third kappa shape index (κ3) is 2.66. The molecule has 1 aliphatic heterocycles. The van der Waals surface area contributed by atoms with E-state index in [1.54, 1.807) is 7.05 Å². The molecule has 0 bridgehead atoms. The van der Waals surface area contributed by atoms with Crippen molar-refractivity contribution in [1.29, 1.82) is 0 Å². The average Bonchev–Trinajstić information content (AvgIpc) is 2.48. The third-order valence-corrected chi connectivity index (χ3v) is 3.81. The Kier molecular flexibility index (Phi) is 3.68. The van der Waals surface area contributed by atoms with E-state index in [9.17, 15) is 4.39 Å². The molecule has 0 saturated carbocycles. The first kappa shape index (κ1) is 14.4. The first-order chi connectivity index (χ1) is 8.77. The molecule has 0 atom stereocenters. The zero-order valence-corrected chi connectivity index (χ0v) is 12.1. The quantitative estimate of drug-likeness (QED) is 0.836. The number of pyridine rings is 1. The van der Waals surface area contributed by atoms with E-state index in [1.165, 1.54) is 12.3 Å². The van der Waals surface area contributed by atoms with Gasteiger partial charge in [0.1, 0.15) is 5.82 Å². The van der Waals surface area contributed by atoms with Crippen LogP contribution in [0, 0.1) is 5.82 Å². The van der Waals surface area contributed by atoms with Crippen molar-refractivity contribution < 1.29 is 13.7 Å². The van der Waals surface area contributed by atoms with Gasteiger partial charge < -0.3 is 14.6 Å². The van der Waals surface area contributed by atoms with Crippen LogP contribution in [-0.2, 0) is 15.9 Å². The molecular weight excluding hydrogens is 246 g/mol. The zero-order chi connectivity index (χ0) is 14.3. The van der Waals surface area contributed by atoms with Crippen LogP contribution in [-0.4, -0.2) is 30.4 Å². The van der Waals surface area contributed by atoms with E-state index in [0.717, 1.165) is 5.56 Å².